The lowest BCUT2D eigenvalue weighted by atomic mass is 10.1. The Bertz CT molecular complexity index is 909. The summed E-state index contributed by atoms with van der Waals surface area (Å²) >= 11 is 0. The molecule has 0 spiro atoms. The number of carbonyl (C=O) groups excluding carboxylic acids is 1. The van der Waals surface area contributed by atoms with Crippen molar-refractivity contribution in [2.24, 2.45) is 0 Å². The van der Waals surface area contributed by atoms with Gasteiger partial charge in [0.15, 0.2) is 0 Å². The van der Waals surface area contributed by atoms with Crippen molar-refractivity contribution in [2.75, 3.05) is 20.6 Å². The van der Waals surface area contributed by atoms with Gasteiger partial charge in [-0.1, -0.05) is 18.2 Å². The molecule has 1 amide bonds. The van der Waals surface area contributed by atoms with Gasteiger partial charge in [-0.2, -0.15) is 5.10 Å². The minimum atomic E-state index is -0.0137. The van der Waals surface area contributed by atoms with Gasteiger partial charge < -0.3 is 10.2 Å². The highest BCUT2D eigenvalue weighted by Gasteiger charge is 2.22. The molecule has 0 radical (unpaired) electrons. The molecule has 0 saturated carbocycles. The third-order valence-electron chi connectivity index (χ3n) is 4.37. The molecule has 24 heavy (non-hydrogen) atoms. The van der Waals surface area contributed by atoms with Crippen molar-refractivity contribution in [1.82, 2.24) is 20.0 Å². The molecule has 122 valence electrons. The van der Waals surface area contributed by atoms with Gasteiger partial charge in [-0.3, -0.25) is 4.79 Å². The van der Waals surface area contributed by atoms with E-state index in [2.05, 4.69) is 48.6 Å². The number of amides is 1. The van der Waals surface area contributed by atoms with Gasteiger partial charge in [0.1, 0.15) is 0 Å². The third kappa shape index (κ3) is 2.47. The quantitative estimate of drug-likeness (QED) is 0.806. The number of carbonyl (C=O) groups is 1. The molecule has 1 aromatic heterocycles. The van der Waals surface area contributed by atoms with Gasteiger partial charge in [-0.05, 0) is 43.9 Å². The van der Waals surface area contributed by atoms with E-state index in [0.717, 1.165) is 40.8 Å². The smallest absolute Gasteiger partial charge is 0.252 e. The Morgan fingerprint density at radius 3 is 2.71 bits per heavy atom. The fourth-order valence-electron chi connectivity index (χ4n) is 3.33. The number of aromatic nitrogens is 2. The van der Waals surface area contributed by atoms with E-state index in [9.17, 15) is 4.79 Å². The van der Waals surface area contributed by atoms with E-state index in [1.165, 1.54) is 5.56 Å². The normalized spacial score (nSPS) is 14.0. The molecule has 4 rings (SSSR count). The van der Waals surface area contributed by atoms with Crippen molar-refractivity contribution in [1.29, 1.82) is 0 Å². The average Bonchev–Trinajstić information content (AvgIpc) is 2.84. The molecule has 1 aliphatic rings. The predicted octanol–water partition coefficient (Wildman–Crippen LogP) is 2.37. The van der Waals surface area contributed by atoms with E-state index in [4.69, 9.17) is 5.10 Å². The van der Waals surface area contributed by atoms with Crippen LogP contribution in [0.15, 0.2) is 42.5 Å². The number of rotatable bonds is 3. The van der Waals surface area contributed by atoms with Crippen LogP contribution < -0.4 is 5.32 Å². The van der Waals surface area contributed by atoms with Crippen molar-refractivity contribution < 1.29 is 4.79 Å². The molecule has 0 saturated heterocycles. The van der Waals surface area contributed by atoms with Crippen LogP contribution in [0.4, 0.5) is 0 Å². The van der Waals surface area contributed by atoms with Crippen LogP contribution in [0.1, 0.15) is 21.6 Å². The number of hydrogen-bond donors (Lipinski definition) is 1. The van der Waals surface area contributed by atoms with Gasteiger partial charge in [0, 0.05) is 24.9 Å². The summed E-state index contributed by atoms with van der Waals surface area (Å²) in [4.78, 5) is 14.4. The zero-order valence-corrected chi connectivity index (χ0v) is 13.9. The summed E-state index contributed by atoms with van der Waals surface area (Å²) in [6.07, 6.45) is 0.776. The summed E-state index contributed by atoms with van der Waals surface area (Å²) in [6, 6.07) is 14.2. The Kier molecular flexibility index (Phi) is 3.58. The third-order valence-corrected chi connectivity index (χ3v) is 4.37. The maximum absolute atomic E-state index is 12.2. The summed E-state index contributed by atoms with van der Waals surface area (Å²) in [5.41, 5.74) is 4.99. The van der Waals surface area contributed by atoms with Crippen molar-refractivity contribution in [2.45, 2.75) is 13.0 Å². The lowest BCUT2D eigenvalue weighted by Crippen LogP contribution is -2.23. The molecular formula is C19H20N4O. The predicted molar refractivity (Wildman–Crippen MR) is 94.5 cm³/mol. The monoisotopic (exact) mass is 320 g/mol. The highest BCUT2D eigenvalue weighted by Crippen LogP contribution is 2.27. The van der Waals surface area contributed by atoms with E-state index in [1.54, 1.807) is 0 Å². The fraction of sp³-hybridized carbons (Fsp3) is 0.263. The standard InChI is InChI=1S/C19H20N4O/c1-22(2)12-13-6-8-14(9-7-13)23-17-10-11-20-19(24)15-4-3-5-16(21-23)18(15)17/h3-9H,10-12H2,1-2H3,(H,20,24). The number of hydrogen-bond acceptors (Lipinski definition) is 3. The first-order chi connectivity index (χ1) is 11.6. The first-order valence-corrected chi connectivity index (χ1v) is 8.16. The van der Waals surface area contributed by atoms with Crippen LogP contribution in [-0.4, -0.2) is 41.2 Å². The Morgan fingerprint density at radius 1 is 1.17 bits per heavy atom. The van der Waals surface area contributed by atoms with E-state index in [0.29, 0.717) is 6.54 Å². The Hall–Kier alpha value is -2.66. The van der Waals surface area contributed by atoms with Gasteiger partial charge in [-0.25, -0.2) is 4.68 Å². The van der Waals surface area contributed by atoms with Gasteiger partial charge >= 0.3 is 0 Å². The van der Waals surface area contributed by atoms with Crippen LogP contribution in [0.5, 0.6) is 0 Å². The van der Waals surface area contributed by atoms with Crippen LogP contribution in [0.3, 0.4) is 0 Å². The summed E-state index contributed by atoms with van der Waals surface area (Å²) < 4.78 is 1.98. The lowest BCUT2D eigenvalue weighted by molar-refractivity contribution is 0.0957. The molecule has 0 atom stereocenters. The van der Waals surface area contributed by atoms with Gasteiger partial charge in [0.25, 0.3) is 5.91 Å². The van der Waals surface area contributed by atoms with Crippen molar-refractivity contribution in [3.05, 3.63) is 59.3 Å². The molecule has 2 heterocycles. The summed E-state index contributed by atoms with van der Waals surface area (Å²) in [5, 5.41) is 8.69. The van der Waals surface area contributed by atoms with E-state index in [-0.39, 0.29) is 5.91 Å². The molecule has 3 aromatic rings. The molecule has 5 nitrogen and oxygen atoms in total. The van der Waals surface area contributed by atoms with Gasteiger partial charge in [0.2, 0.25) is 0 Å². The molecule has 1 N–H and O–H groups in total. The minimum absolute atomic E-state index is 0.0137. The van der Waals surface area contributed by atoms with Crippen molar-refractivity contribution >= 4 is 16.8 Å². The van der Waals surface area contributed by atoms with Gasteiger partial charge in [0.05, 0.1) is 22.5 Å². The zero-order valence-electron chi connectivity index (χ0n) is 13.9. The highest BCUT2D eigenvalue weighted by molar-refractivity contribution is 6.08. The minimum Gasteiger partial charge on any atom is -0.352 e. The lowest BCUT2D eigenvalue weighted by Gasteiger charge is -2.11. The van der Waals surface area contributed by atoms with Crippen LogP contribution in [-0.2, 0) is 13.0 Å². The fourth-order valence-corrected chi connectivity index (χ4v) is 3.33. The second kappa shape index (κ2) is 5.76. The zero-order chi connectivity index (χ0) is 16.7. The van der Waals surface area contributed by atoms with Crippen LogP contribution in [0.2, 0.25) is 0 Å². The van der Waals surface area contributed by atoms with E-state index < -0.39 is 0 Å². The first-order valence-electron chi connectivity index (χ1n) is 8.16. The topological polar surface area (TPSA) is 50.2 Å². The molecule has 0 fully saturated rings. The number of nitrogens with zero attached hydrogens (tertiary/aromatic N) is 3. The Morgan fingerprint density at radius 2 is 1.96 bits per heavy atom. The first kappa shape index (κ1) is 14.9. The van der Waals surface area contributed by atoms with E-state index in [1.807, 2.05) is 22.9 Å². The average molecular weight is 320 g/mol. The summed E-state index contributed by atoms with van der Waals surface area (Å²) in [5.74, 6) is -0.0137. The molecule has 0 bridgehead atoms. The maximum atomic E-state index is 12.2. The van der Waals surface area contributed by atoms with Gasteiger partial charge in [-0.15, -0.1) is 0 Å². The Balaban J connectivity index is 1.84. The highest BCUT2D eigenvalue weighted by atomic mass is 16.1. The number of nitrogens with one attached hydrogen (secondary N) is 1. The second-order valence-corrected chi connectivity index (χ2v) is 6.47. The number of benzene rings is 2. The van der Waals surface area contributed by atoms with E-state index >= 15 is 0 Å². The molecule has 5 heteroatoms. The maximum Gasteiger partial charge on any atom is 0.252 e. The largest absolute Gasteiger partial charge is 0.352 e. The molecule has 0 aliphatic carbocycles. The summed E-state index contributed by atoms with van der Waals surface area (Å²) in [7, 11) is 4.13. The van der Waals surface area contributed by atoms with Crippen LogP contribution in [0, 0.1) is 0 Å². The molecular weight excluding hydrogens is 300 g/mol. The van der Waals surface area contributed by atoms with Crippen molar-refractivity contribution in [3.8, 4) is 5.69 Å². The molecule has 2 aromatic carbocycles. The molecule has 1 aliphatic heterocycles. The second-order valence-electron chi connectivity index (χ2n) is 6.47. The SMILES string of the molecule is CN(C)Cc1ccc(-n2nc3cccc4c3c2CCNC4=O)cc1. The van der Waals surface area contributed by atoms with Crippen LogP contribution in [0.25, 0.3) is 16.6 Å². The van der Waals surface area contributed by atoms with Crippen molar-refractivity contribution in [3.63, 3.8) is 0 Å². The molecule has 0 unspecified atom stereocenters. The summed E-state index contributed by atoms with van der Waals surface area (Å²) in [6.45, 7) is 1.55. The van der Waals surface area contributed by atoms with Crippen LogP contribution >= 0.6 is 0 Å². The Labute approximate surface area is 140 Å².